The molecule has 0 radical (unpaired) electrons. The van der Waals surface area contributed by atoms with Crippen LogP contribution in [0.4, 0.5) is 0 Å². The zero-order chi connectivity index (χ0) is 14.3. The first kappa shape index (κ1) is 13.5. The molecule has 1 unspecified atom stereocenters. The Balaban J connectivity index is 1.83. The number of aliphatic hydroxyl groups excluding tert-OH is 2. The number of hydrogen-bond acceptors (Lipinski definition) is 5. The van der Waals surface area contributed by atoms with Crippen molar-refractivity contribution in [2.45, 2.75) is 70.1 Å². The van der Waals surface area contributed by atoms with Crippen molar-refractivity contribution in [3.63, 3.8) is 0 Å². The molecule has 0 amide bonds. The summed E-state index contributed by atoms with van der Waals surface area (Å²) in [4.78, 5) is 0. The van der Waals surface area contributed by atoms with E-state index < -0.39 is 30.1 Å². The second kappa shape index (κ2) is 3.96. The number of rotatable bonds is 0. The lowest BCUT2D eigenvalue weighted by Crippen LogP contribution is -2.67. The van der Waals surface area contributed by atoms with Crippen LogP contribution in [-0.4, -0.2) is 40.3 Å². The molecular weight excluding hydrogens is 260 g/mol. The fraction of sp³-hybridized carbons (Fsp3) is 1.00. The van der Waals surface area contributed by atoms with Crippen LogP contribution in [0.25, 0.3) is 0 Å². The van der Waals surface area contributed by atoms with E-state index in [2.05, 4.69) is 6.92 Å². The number of fused-ring (bicyclic) bond motifs is 1. The first-order valence-corrected chi connectivity index (χ1v) is 7.78. The van der Waals surface area contributed by atoms with Crippen molar-refractivity contribution < 1.29 is 24.4 Å². The summed E-state index contributed by atoms with van der Waals surface area (Å²) in [5, 5.41) is 20.5. The third kappa shape index (κ3) is 1.40. The molecule has 4 fully saturated rings. The summed E-state index contributed by atoms with van der Waals surface area (Å²) >= 11 is 0. The van der Waals surface area contributed by atoms with Crippen LogP contribution in [0.5, 0.6) is 0 Å². The van der Waals surface area contributed by atoms with Gasteiger partial charge >= 0.3 is 0 Å². The molecule has 114 valence electrons. The Hall–Kier alpha value is -0.200. The number of ether oxygens (including phenoxy) is 3. The van der Waals surface area contributed by atoms with Gasteiger partial charge in [0.2, 0.25) is 0 Å². The van der Waals surface area contributed by atoms with Gasteiger partial charge in [0.25, 0.3) is 0 Å². The maximum Gasteiger partial charge on any atom is 0.195 e. The predicted octanol–water partition coefficient (Wildman–Crippen LogP) is 1.23. The average molecular weight is 284 g/mol. The highest BCUT2D eigenvalue weighted by atomic mass is 16.9. The van der Waals surface area contributed by atoms with Crippen molar-refractivity contribution in [2.24, 2.45) is 23.7 Å². The monoisotopic (exact) mass is 284 g/mol. The highest BCUT2D eigenvalue weighted by molar-refractivity contribution is 5.14. The summed E-state index contributed by atoms with van der Waals surface area (Å²) in [5.74, 6) is -0.0399. The Labute approximate surface area is 119 Å². The summed E-state index contributed by atoms with van der Waals surface area (Å²) < 4.78 is 18.0. The third-order valence-corrected chi connectivity index (χ3v) is 6.30. The van der Waals surface area contributed by atoms with Gasteiger partial charge < -0.3 is 24.4 Å². The fourth-order valence-corrected chi connectivity index (χ4v) is 5.09. The highest BCUT2D eigenvalue weighted by Crippen LogP contribution is 2.63. The van der Waals surface area contributed by atoms with Gasteiger partial charge in [0.1, 0.15) is 11.7 Å². The normalized spacial score (nSPS) is 65.0. The molecule has 20 heavy (non-hydrogen) atoms. The molecule has 0 aromatic heterocycles. The van der Waals surface area contributed by atoms with Crippen LogP contribution in [0.3, 0.4) is 0 Å². The van der Waals surface area contributed by atoms with E-state index in [1.807, 2.05) is 6.92 Å². The van der Waals surface area contributed by atoms with Gasteiger partial charge in [-0.05, 0) is 38.0 Å². The van der Waals surface area contributed by atoms with Crippen molar-refractivity contribution in [3.8, 4) is 0 Å². The van der Waals surface area contributed by atoms with Crippen LogP contribution < -0.4 is 0 Å². The van der Waals surface area contributed by atoms with Crippen LogP contribution in [0.1, 0.15) is 40.0 Å². The molecule has 3 aliphatic heterocycles. The van der Waals surface area contributed by atoms with E-state index in [4.69, 9.17) is 14.2 Å². The minimum absolute atomic E-state index is 0.0300. The van der Waals surface area contributed by atoms with Gasteiger partial charge in [-0.2, -0.15) is 0 Å². The van der Waals surface area contributed by atoms with Gasteiger partial charge in [-0.1, -0.05) is 13.8 Å². The second-order valence-electron chi connectivity index (χ2n) is 7.33. The standard InChI is InChI=1S/C15H24O5/c1-7-4-5-9-8(2)12(17)18-13-15(9)10(7)6-11(16)14(3,19-13)20-15/h7-13,16-17H,4-6H2,1-3H3/t7-,8-,9+,10+,11-,12?,13+,14+,15+/m1/s1. The summed E-state index contributed by atoms with van der Waals surface area (Å²) in [6.07, 6.45) is 0.804. The Morgan fingerprint density at radius 3 is 2.60 bits per heavy atom. The number of hydrogen-bond donors (Lipinski definition) is 2. The summed E-state index contributed by atoms with van der Waals surface area (Å²) in [7, 11) is 0. The van der Waals surface area contributed by atoms with Crippen LogP contribution in [-0.2, 0) is 14.2 Å². The van der Waals surface area contributed by atoms with Crippen LogP contribution in [0, 0.1) is 23.7 Å². The summed E-state index contributed by atoms with van der Waals surface area (Å²) in [5.41, 5.74) is -0.496. The van der Waals surface area contributed by atoms with E-state index in [1.54, 1.807) is 6.92 Å². The lowest BCUT2D eigenvalue weighted by molar-refractivity contribution is -0.330. The van der Waals surface area contributed by atoms with E-state index in [9.17, 15) is 10.2 Å². The molecule has 1 saturated carbocycles. The lowest BCUT2D eigenvalue weighted by Gasteiger charge is -2.58. The molecule has 5 heteroatoms. The van der Waals surface area contributed by atoms with Gasteiger partial charge in [-0.3, -0.25) is 0 Å². The SMILES string of the molecule is C[C@@H]1CC[C@H]2[C@@H](C)C(O)O[C@H]3O[C@@]4(C)O[C@@]32[C@H]1C[C@H]4O. The molecule has 4 aliphatic rings. The van der Waals surface area contributed by atoms with Crippen molar-refractivity contribution in [2.75, 3.05) is 0 Å². The van der Waals surface area contributed by atoms with Gasteiger partial charge in [0.05, 0.1) is 0 Å². The van der Waals surface area contributed by atoms with E-state index in [-0.39, 0.29) is 17.8 Å². The van der Waals surface area contributed by atoms with E-state index in [0.717, 1.165) is 12.8 Å². The molecule has 2 N–H and O–H groups in total. The lowest BCUT2D eigenvalue weighted by atomic mass is 9.57. The second-order valence-corrected chi connectivity index (χ2v) is 7.33. The minimum Gasteiger partial charge on any atom is -0.388 e. The van der Waals surface area contributed by atoms with Crippen LogP contribution >= 0.6 is 0 Å². The Bertz CT molecular complexity index is 424. The van der Waals surface area contributed by atoms with Crippen molar-refractivity contribution >= 4 is 0 Å². The van der Waals surface area contributed by atoms with Crippen molar-refractivity contribution in [1.29, 1.82) is 0 Å². The molecule has 1 aliphatic carbocycles. The van der Waals surface area contributed by atoms with Crippen molar-refractivity contribution in [1.82, 2.24) is 0 Å². The topological polar surface area (TPSA) is 68.2 Å². The largest absolute Gasteiger partial charge is 0.388 e. The molecule has 0 aromatic carbocycles. The zero-order valence-electron chi connectivity index (χ0n) is 12.3. The summed E-state index contributed by atoms with van der Waals surface area (Å²) in [6, 6.07) is 0. The smallest absolute Gasteiger partial charge is 0.195 e. The molecular formula is C15H24O5. The van der Waals surface area contributed by atoms with Gasteiger partial charge in [-0.15, -0.1) is 0 Å². The van der Waals surface area contributed by atoms with Crippen molar-refractivity contribution in [3.05, 3.63) is 0 Å². The maximum absolute atomic E-state index is 10.4. The quantitative estimate of drug-likeness (QED) is 0.700. The van der Waals surface area contributed by atoms with Crippen LogP contribution in [0.2, 0.25) is 0 Å². The minimum atomic E-state index is -1.000. The Morgan fingerprint density at radius 1 is 1.10 bits per heavy atom. The highest BCUT2D eigenvalue weighted by Gasteiger charge is 2.73. The molecule has 0 aromatic rings. The number of aliphatic hydroxyl groups is 2. The fourth-order valence-electron chi connectivity index (χ4n) is 5.09. The molecule has 3 saturated heterocycles. The average Bonchev–Trinajstić information content (AvgIpc) is 2.64. The first-order chi connectivity index (χ1) is 9.38. The molecule has 2 bridgehead atoms. The van der Waals surface area contributed by atoms with E-state index in [1.165, 1.54) is 0 Å². The van der Waals surface area contributed by atoms with Gasteiger partial charge in [0.15, 0.2) is 18.4 Å². The van der Waals surface area contributed by atoms with Crippen LogP contribution in [0.15, 0.2) is 0 Å². The van der Waals surface area contributed by atoms with E-state index in [0.29, 0.717) is 12.3 Å². The molecule has 4 rings (SSSR count). The predicted molar refractivity (Wildman–Crippen MR) is 69.4 cm³/mol. The molecule has 5 nitrogen and oxygen atoms in total. The molecule has 9 atom stereocenters. The third-order valence-electron chi connectivity index (χ3n) is 6.30. The Morgan fingerprint density at radius 2 is 1.85 bits per heavy atom. The van der Waals surface area contributed by atoms with Gasteiger partial charge in [0, 0.05) is 11.8 Å². The zero-order valence-corrected chi connectivity index (χ0v) is 12.3. The molecule has 3 heterocycles. The van der Waals surface area contributed by atoms with Gasteiger partial charge in [-0.25, -0.2) is 0 Å². The Kier molecular flexibility index (Phi) is 2.66. The maximum atomic E-state index is 10.4. The van der Waals surface area contributed by atoms with E-state index >= 15 is 0 Å². The summed E-state index contributed by atoms with van der Waals surface area (Å²) in [6.45, 7) is 6.04. The molecule has 1 spiro atoms. The first-order valence-electron chi connectivity index (χ1n) is 7.78.